The summed E-state index contributed by atoms with van der Waals surface area (Å²) in [7, 11) is 0. The smallest absolute Gasteiger partial charge is 0.392 e. The van der Waals surface area contributed by atoms with Crippen LogP contribution < -0.4 is 5.32 Å². The van der Waals surface area contributed by atoms with Crippen molar-refractivity contribution in [1.29, 1.82) is 0 Å². The lowest BCUT2D eigenvalue weighted by Crippen LogP contribution is -2.40. The Labute approximate surface area is 222 Å². The summed E-state index contributed by atoms with van der Waals surface area (Å²) in [5, 5.41) is 2.81. The van der Waals surface area contributed by atoms with Gasteiger partial charge in [0.05, 0.1) is 22.5 Å². The quantitative estimate of drug-likeness (QED) is 0.271. The van der Waals surface area contributed by atoms with Crippen LogP contribution in [0, 0.1) is 23.2 Å². The van der Waals surface area contributed by atoms with Crippen LogP contribution in [-0.4, -0.2) is 29.6 Å². The average Bonchev–Trinajstić information content (AvgIpc) is 3.31. The predicted octanol–water partition coefficient (Wildman–Crippen LogP) is 7.70. The lowest BCUT2D eigenvalue weighted by molar-refractivity contribution is -0.188. The lowest BCUT2D eigenvalue weighted by atomic mass is 9.78. The fraction of sp³-hybridized carbons (Fsp3) is 0.538. The van der Waals surface area contributed by atoms with Crippen molar-refractivity contribution in [3.8, 4) is 0 Å². The number of allylic oxidation sites excluding steroid dienone is 4. The molecule has 2 unspecified atom stereocenters. The standard InChI is InChI=1S/C26H28Cl2F5NO3/c1-14(26(31,32)33)20(16-6-8-17(27)9-7-16)21(35)34-19-11-15(5-10-18(19)28)12-24(13-25(24,29)30)22(36)37-23(2,3)4/h5-6,8-11,14,16,20H,7,12-13H2,1-4H3,(H,34,35)/t14-,16?,20+,24?/m1/s1. The van der Waals surface area contributed by atoms with Gasteiger partial charge in [-0.1, -0.05) is 48.3 Å². The minimum Gasteiger partial charge on any atom is -0.459 e. The molecule has 2 aliphatic rings. The van der Waals surface area contributed by atoms with E-state index in [9.17, 15) is 31.5 Å². The van der Waals surface area contributed by atoms with Gasteiger partial charge >= 0.3 is 12.1 Å². The third-order valence-electron chi connectivity index (χ3n) is 6.59. The molecule has 4 atom stereocenters. The van der Waals surface area contributed by atoms with E-state index in [2.05, 4.69) is 5.32 Å². The molecule has 3 rings (SSSR count). The highest BCUT2D eigenvalue weighted by molar-refractivity contribution is 6.33. The molecule has 0 aliphatic heterocycles. The Morgan fingerprint density at radius 3 is 2.30 bits per heavy atom. The first-order valence-electron chi connectivity index (χ1n) is 11.7. The Hall–Kier alpha value is -2.13. The Morgan fingerprint density at radius 1 is 1.19 bits per heavy atom. The van der Waals surface area contributed by atoms with Crippen LogP contribution in [0.15, 0.2) is 41.5 Å². The number of hydrogen-bond donors (Lipinski definition) is 1. The molecular formula is C26H28Cl2F5NO3. The monoisotopic (exact) mass is 567 g/mol. The van der Waals surface area contributed by atoms with Crippen molar-refractivity contribution in [2.75, 3.05) is 5.32 Å². The maximum absolute atomic E-state index is 14.4. The lowest BCUT2D eigenvalue weighted by Gasteiger charge is -2.31. The molecule has 11 heteroatoms. The van der Waals surface area contributed by atoms with Crippen molar-refractivity contribution in [3.63, 3.8) is 0 Å². The Bertz CT molecular complexity index is 1130. The summed E-state index contributed by atoms with van der Waals surface area (Å²) in [6.07, 6.45) is -1.17. The Kier molecular flexibility index (Phi) is 8.12. The number of alkyl halides is 5. The molecular weight excluding hydrogens is 540 g/mol. The SMILES string of the molecule is C[C@H]([C@H](C(=O)Nc1cc(CC2(C(=O)OC(C)(C)C)CC2(F)F)ccc1Cl)C1C=CC(Cl)=CC1)C(F)(F)F. The number of amides is 1. The molecule has 0 bridgehead atoms. The van der Waals surface area contributed by atoms with E-state index in [0.29, 0.717) is 5.03 Å². The van der Waals surface area contributed by atoms with Crippen LogP contribution in [0.1, 0.15) is 46.1 Å². The molecule has 0 aromatic heterocycles. The van der Waals surface area contributed by atoms with Crippen molar-refractivity contribution >= 4 is 40.8 Å². The maximum atomic E-state index is 14.4. The normalized spacial score (nSPS) is 24.6. The Morgan fingerprint density at radius 2 is 1.81 bits per heavy atom. The van der Waals surface area contributed by atoms with E-state index >= 15 is 0 Å². The van der Waals surface area contributed by atoms with Crippen molar-refractivity contribution in [3.05, 3.63) is 52.0 Å². The second-order valence-electron chi connectivity index (χ2n) is 10.6. The van der Waals surface area contributed by atoms with Crippen LogP contribution in [-0.2, 0) is 20.7 Å². The number of nitrogens with one attached hydrogen (secondary N) is 1. The van der Waals surface area contributed by atoms with Gasteiger partial charge in [0.15, 0.2) is 0 Å². The van der Waals surface area contributed by atoms with Gasteiger partial charge in [0, 0.05) is 11.5 Å². The van der Waals surface area contributed by atoms with Gasteiger partial charge in [-0.2, -0.15) is 13.2 Å². The molecule has 0 radical (unpaired) electrons. The summed E-state index contributed by atoms with van der Waals surface area (Å²) >= 11 is 12.1. The summed E-state index contributed by atoms with van der Waals surface area (Å²) < 4.78 is 74.9. The molecule has 1 fully saturated rings. The summed E-state index contributed by atoms with van der Waals surface area (Å²) in [4.78, 5) is 25.8. The number of rotatable bonds is 7. The summed E-state index contributed by atoms with van der Waals surface area (Å²) in [5.41, 5.74) is -2.84. The van der Waals surface area contributed by atoms with E-state index in [1.54, 1.807) is 20.8 Å². The zero-order chi connectivity index (χ0) is 28.0. The first-order chi connectivity index (χ1) is 16.9. The van der Waals surface area contributed by atoms with Gasteiger partial charge in [-0.15, -0.1) is 0 Å². The van der Waals surface area contributed by atoms with Gasteiger partial charge in [0.2, 0.25) is 5.91 Å². The third kappa shape index (κ3) is 6.66. The van der Waals surface area contributed by atoms with Gasteiger partial charge < -0.3 is 10.1 Å². The van der Waals surface area contributed by atoms with Gasteiger partial charge in [-0.05, 0) is 63.3 Å². The van der Waals surface area contributed by atoms with Gasteiger partial charge in [0.25, 0.3) is 5.92 Å². The molecule has 0 spiro atoms. The van der Waals surface area contributed by atoms with Crippen molar-refractivity contribution < 1.29 is 36.3 Å². The first-order valence-corrected chi connectivity index (χ1v) is 12.4. The molecule has 0 heterocycles. The van der Waals surface area contributed by atoms with Crippen LogP contribution >= 0.6 is 23.2 Å². The number of carbonyl (C=O) groups is 2. The second-order valence-corrected chi connectivity index (χ2v) is 11.5. The van der Waals surface area contributed by atoms with Gasteiger partial charge in [-0.3, -0.25) is 9.59 Å². The zero-order valence-electron chi connectivity index (χ0n) is 20.7. The average molecular weight is 568 g/mol. The second kappa shape index (κ2) is 10.2. The number of carbonyl (C=O) groups excluding carboxylic acids is 2. The molecule has 0 saturated heterocycles. The number of anilines is 1. The van der Waals surface area contributed by atoms with E-state index in [4.69, 9.17) is 27.9 Å². The predicted molar refractivity (Wildman–Crippen MR) is 132 cm³/mol. The van der Waals surface area contributed by atoms with Crippen LogP contribution in [0.5, 0.6) is 0 Å². The van der Waals surface area contributed by atoms with Crippen LogP contribution in [0.2, 0.25) is 5.02 Å². The minimum absolute atomic E-state index is 0.00603. The van der Waals surface area contributed by atoms with Gasteiger partial charge in [0.1, 0.15) is 11.0 Å². The van der Waals surface area contributed by atoms with E-state index in [1.165, 1.54) is 36.4 Å². The summed E-state index contributed by atoms with van der Waals surface area (Å²) in [6.45, 7) is 5.63. The number of esters is 1. The van der Waals surface area contributed by atoms with Gasteiger partial charge in [-0.25, -0.2) is 8.78 Å². The highest BCUT2D eigenvalue weighted by atomic mass is 35.5. The molecule has 1 aromatic rings. The third-order valence-corrected chi connectivity index (χ3v) is 7.20. The van der Waals surface area contributed by atoms with Crippen molar-refractivity contribution in [1.82, 2.24) is 0 Å². The van der Waals surface area contributed by atoms with E-state index in [0.717, 1.165) is 6.92 Å². The Balaban J connectivity index is 1.86. The van der Waals surface area contributed by atoms with Crippen LogP contribution in [0.4, 0.5) is 27.6 Å². The van der Waals surface area contributed by atoms with Crippen LogP contribution in [0.25, 0.3) is 0 Å². The molecule has 1 amide bonds. The molecule has 1 N–H and O–H groups in total. The molecule has 2 aliphatic carbocycles. The fourth-order valence-corrected chi connectivity index (χ4v) is 4.74. The highest BCUT2D eigenvalue weighted by Crippen LogP contribution is 2.63. The zero-order valence-corrected chi connectivity index (χ0v) is 22.2. The number of hydrogen-bond acceptors (Lipinski definition) is 3. The van der Waals surface area contributed by atoms with Crippen LogP contribution in [0.3, 0.4) is 0 Å². The largest absolute Gasteiger partial charge is 0.459 e. The molecule has 4 nitrogen and oxygen atoms in total. The topological polar surface area (TPSA) is 55.4 Å². The molecule has 1 aromatic carbocycles. The highest BCUT2D eigenvalue weighted by Gasteiger charge is 2.76. The van der Waals surface area contributed by atoms with Crippen molar-refractivity contribution in [2.45, 2.75) is 64.7 Å². The summed E-state index contributed by atoms with van der Waals surface area (Å²) in [5.74, 6) is -9.52. The number of ether oxygens (including phenoxy) is 1. The number of benzene rings is 1. The number of halogens is 7. The molecule has 1 saturated carbocycles. The van der Waals surface area contributed by atoms with E-state index in [-0.39, 0.29) is 22.7 Å². The van der Waals surface area contributed by atoms with E-state index < -0.39 is 65.6 Å². The first kappa shape index (κ1) is 29.4. The van der Waals surface area contributed by atoms with E-state index in [1.807, 2.05) is 0 Å². The summed E-state index contributed by atoms with van der Waals surface area (Å²) in [6, 6.07) is 4.05. The maximum Gasteiger partial charge on any atom is 0.392 e. The molecule has 37 heavy (non-hydrogen) atoms. The minimum atomic E-state index is -4.65. The van der Waals surface area contributed by atoms with Crippen molar-refractivity contribution in [2.24, 2.45) is 23.2 Å². The molecule has 204 valence electrons. The fourth-order valence-electron chi connectivity index (χ4n) is 4.41.